The predicted molar refractivity (Wildman–Crippen MR) is 146 cm³/mol. The topological polar surface area (TPSA) is 59.4 Å². The van der Waals surface area contributed by atoms with E-state index < -0.39 is 0 Å². The maximum absolute atomic E-state index is 11.9. The summed E-state index contributed by atoms with van der Waals surface area (Å²) in [4.78, 5) is 18.7. The van der Waals surface area contributed by atoms with Gasteiger partial charge in [-0.2, -0.15) is 0 Å². The number of aromatic nitrogens is 2. The Morgan fingerprint density at radius 1 is 1.03 bits per heavy atom. The number of hydrogen-bond donors (Lipinski definition) is 1. The van der Waals surface area contributed by atoms with Crippen molar-refractivity contribution in [2.75, 3.05) is 12.0 Å². The number of thiocarbonyl (C=S) groups is 1. The molecule has 1 fully saturated rings. The molecule has 5 rings (SSSR count). The van der Waals surface area contributed by atoms with Gasteiger partial charge in [0, 0.05) is 34.0 Å². The molecule has 182 valence electrons. The van der Waals surface area contributed by atoms with E-state index >= 15 is 0 Å². The molecule has 0 aliphatic carbocycles. The third-order valence-corrected chi connectivity index (χ3v) is 7.10. The highest BCUT2D eigenvalue weighted by Gasteiger charge is 2.42. The molecule has 0 bridgehead atoms. The van der Waals surface area contributed by atoms with Crippen molar-refractivity contribution in [1.29, 1.82) is 0 Å². The zero-order valence-corrected chi connectivity index (χ0v) is 21.7. The number of nitrogens with one attached hydrogen (secondary N) is 1. The van der Waals surface area contributed by atoms with Crippen LogP contribution in [0.1, 0.15) is 45.1 Å². The van der Waals surface area contributed by atoms with E-state index in [4.69, 9.17) is 28.6 Å². The highest BCUT2D eigenvalue weighted by Crippen LogP contribution is 2.43. The van der Waals surface area contributed by atoms with Gasteiger partial charge >= 0.3 is 5.97 Å². The summed E-state index contributed by atoms with van der Waals surface area (Å²) < 4.78 is 7.03. The monoisotopic (exact) mass is 516 g/mol. The minimum Gasteiger partial charge on any atom is -0.465 e. The van der Waals surface area contributed by atoms with E-state index in [0.29, 0.717) is 15.7 Å². The van der Waals surface area contributed by atoms with Gasteiger partial charge in [-0.15, -0.1) is 0 Å². The molecule has 0 spiro atoms. The molecule has 3 heterocycles. The normalized spacial score (nSPS) is 17.2. The number of nitrogens with zero attached hydrogens (tertiary/aromatic N) is 3. The van der Waals surface area contributed by atoms with Crippen molar-refractivity contribution in [3.05, 3.63) is 112 Å². The number of methoxy groups -OCH3 is 1. The lowest BCUT2D eigenvalue weighted by molar-refractivity contribution is 0.0600. The molecule has 1 saturated heterocycles. The van der Waals surface area contributed by atoms with E-state index in [-0.39, 0.29) is 18.1 Å². The van der Waals surface area contributed by atoms with Gasteiger partial charge in [0.1, 0.15) is 0 Å². The molecule has 0 saturated carbocycles. The zero-order valence-electron chi connectivity index (χ0n) is 20.1. The molecule has 1 aliphatic rings. The molecule has 2 atom stereocenters. The van der Waals surface area contributed by atoms with Crippen LogP contribution in [0, 0.1) is 13.8 Å². The van der Waals surface area contributed by atoms with Gasteiger partial charge < -0.3 is 19.5 Å². The summed E-state index contributed by atoms with van der Waals surface area (Å²) >= 11 is 12.0. The SMILES string of the molecule is COC(=O)c1ccc(-n2c(C)cc([C@@H]3[C@@H](c4ccccn4)NC(=S)N3c3ccc(Cl)cc3)c2C)cc1. The number of hydrogen-bond acceptors (Lipinski definition) is 4. The lowest BCUT2D eigenvalue weighted by Crippen LogP contribution is -2.29. The van der Waals surface area contributed by atoms with E-state index in [0.717, 1.165) is 34.0 Å². The fraction of sp³-hybridized carbons (Fsp3) is 0.179. The first-order valence-corrected chi connectivity index (χ1v) is 12.3. The molecule has 0 radical (unpaired) electrons. The molecular weight excluding hydrogens is 492 g/mol. The number of carbonyl (C=O) groups excluding carboxylic acids is 1. The number of pyridine rings is 1. The molecule has 1 aliphatic heterocycles. The Kier molecular flexibility index (Phi) is 6.51. The van der Waals surface area contributed by atoms with Gasteiger partial charge in [-0.1, -0.05) is 17.7 Å². The van der Waals surface area contributed by atoms with Crippen LogP contribution >= 0.6 is 23.8 Å². The van der Waals surface area contributed by atoms with Crippen molar-refractivity contribution < 1.29 is 9.53 Å². The average molecular weight is 517 g/mol. The molecule has 0 unspecified atom stereocenters. The lowest BCUT2D eigenvalue weighted by atomic mass is 9.96. The van der Waals surface area contributed by atoms with Crippen LogP contribution in [0.3, 0.4) is 0 Å². The van der Waals surface area contributed by atoms with Crippen LogP contribution in [-0.4, -0.2) is 27.7 Å². The molecule has 36 heavy (non-hydrogen) atoms. The lowest BCUT2D eigenvalue weighted by Gasteiger charge is -2.28. The number of halogens is 1. The molecule has 8 heteroatoms. The fourth-order valence-corrected chi connectivity index (χ4v) is 5.37. The minimum absolute atomic E-state index is 0.136. The molecule has 2 aromatic heterocycles. The van der Waals surface area contributed by atoms with Gasteiger partial charge in [-0.05, 0) is 98.4 Å². The summed E-state index contributed by atoms with van der Waals surface area (Å²) in [5.41, 5.74) is 6.61. The third-order valence-electron chi connectivity index (χ3n) is 6.54. The number of carbonyl (C=O) groups is 1. The van der Waals surface area contributed by atoms with Gasteiger partial charge in [-0.3, -0.25) is 4.98 Å². The van der Waals surface area contributed by atoms with Crippen molar-refractivity contribution in [2.24, 2.45) is 0 Å². The van der Waals surface area contributed by atoms with Crippen molar-refractivity contribution >= 4 is 40.6 Å². The van der Waals surface area contributed by atoms with Crippen molar-refractivity contribution in [1.82, 2.24) is 14.9 Å². The molecule has 2 aromatic carbocycles. The Morgan fingerprint density at radius 3 is 2.36 bits per heavy atom. The van der Waals surface area contributed by atoms with Crippen molar-refractivity contribution in [3.63, 3.8) is 0 Å². The summed E-state index contributed by atoms with van der Waals surface area (Å²) in [7, 11) is 1.38. The molecule has 0 amide bonds. The van der Waals surface area contributed by atoms with Crippen LogP contribution in [0.4, 0.5) is 5.69 Å². The van der Waals surface area contributed by atoms with Crippen LogP contribution < -0.4 is 10.2 Å². The van der Waals surface area contributed by atoms with Crippen LogP contribution in [-0.2, 0) is 4.74 Å². The van der Waals surface area contributed by atoms with Gasteiger partial charge in [0.05, 0.1) is 30.5 Å². The van der Waals surface area contributed by atoms with Crippen molar-refractivity contribution in [3.8, 4) is 5.69 Å². The molecule has 6 nitrogen and oxygen atoms in total. The predicted octanol–water partition coefficient (Wildman–Crippen LogP) is 6.11. The van der Waals surface area contributed by atoms with Gasteiger partial charge in [0.15, 0.2) is 5.11 Å². The van der Waals surface area contributed by atoms with Crippen LogP contribution in [0.15, 0.2) is 79.0 Å². The molecular formula is C28H25ClN4O2S. The minimum atomic E-state index is -0.356. The van der Waals surface area contributed by atoms with E-state index in [1.165, 1.54) is 7.11 Å². The molecule has 1 N–H and O–H groups in total. The Hall–Kier alpha value is -3.68. The van der Waals surface area contributed by atoms with E-state index in [2.05, 4.69) is 39.7 Å². The van der Waals surface area contributed by atoms with Crippen LogP contribution in [0.25, 0.3) is 5.69 Å². The maximum atomic E-state index is 11.9. The molecule has 4 aromatic rings. The fourth-order valence-electron chi connectivity index (χ4n) is 4.90. The van der Waals surface area contributed by atoms with E-state index in [9.17, 15) is 4.79 Å². The standard InChI is InChI=1S/C28H25ClN4O2S/c1-17-16-23(18(2)32(17)21-11-7-19(8-12-21)27(34)35-3)26-25(24-6-4-5-15-30-24)31-28(36)33(26)22-13-9-20(29)10-14-22/h4-16,25-26H,1-3H3,(H,31,36)/t25-,26-/m1/s1. The van der Waals surface area contributed by atoms with Gasteiger partial charge in [-0.25, -0.2) is 4.79 Å². The number of ether oxygens (including phenoxy) is 1. The van der Waals surface area contributed by atoms with Crippen LogP contribution in [0.2, 0.25) is 5.02 Å². The quantitative estimate of drug-likeness (QED) is 0.255. The summed E-state index contributed by atoms with van der Waals surface area (Å²) in [6.07, 6.45) is 1.80. The summed E-state index contributed by atoms with van der Waals surface area (Å²) in [6.45, 7) is 4.18. The van der Waals surface area contributed by atoms with Crippen LogP contribution in [0.5, 0.6) is 0 Å². The van der Waals surface area contributed by atoms with Gasteiger partial charge in [0.25, 0.3) is 0 Å². The Balaban J connectivity index is 1.63. The Labute approximate surface area is 220 Å². The Morgan fingerprint density at radius 2 is 1.72 bits per heavy atom. The van der Waals surface area contributed by atoms with E-state index in [1.54, 1.807) is 18.3 Å². The number of rotatable bonds is 5. The first-order chi connectivity index (χ1) is 17.4. The zero-order chi connectivity index (χ0) is 25.4. The smallest absolute Gasteiger partial charge is 0.337 e. The second kappa shape index (κ2) is 9.76. The first-order valence-electron chi connectivity index (χ1n) is 11.5. The van der Waals surface area contributed by atoms with Crippen molar-refractivity contribution in [2.45, 2.75) is 25.9 Å². The summed E-state index contributed by atoms with van der Waals surface area (Å²) in [5, 5.41) is 4.80. The Bertz CT molecular complexity index is 1420. The maximum Gasteiger partial charge on any atom is 0.337 e. The number of anilines is 1. The highest BCUT2D eigenvalue weighted by molar-refractivity contribution is 7.80. The first kappa shape index (κ1) is 24.0. The van der Waals surface area contributed by atoms with Gasteiger partial charge in [0.2, 0.25) is 0 Å². The third kappa shape index (κ3) is 4.25. The average Bonchev–Trinajstić information content (AvgIpc) is 3.39. The largest absolute Gasteiger partial charge is 0.465 e. The second-order valence-corrected chi connectivity index (χ2v) is 9.50. The summed E-state index contributed by atoms with van der Waals surface area (Å²) in [6, 6.07) is 23.0. The number of benzene rings is 2. The summed E-state index contributed by atoms with van der Waals surface area (Å²) in [5.74, 6) is -0.356. The second-order valence-electron chi connectivity index (χ2n) is 8.67. The highest BCUT2D eigenvalue weighted by atomic mass is 35.5. The number of aryl methyl sites for hydroxylation is 1. The number of esters is 1. The van der Waals surface area contributed by atoms with E-state index in [1.807, 2.05) is 54.6 Å².